The summed E-state index contributed by atoms with van der Waals surface area (Å²) in [7, 11) is 0. The zero-order valence-electron chi connectivity index (χ0n) is 9.50. The maximum absolute atomic E-state index is 12.0. The summed E-state index contributed by atoms with van der Waals surface area (Å²) in [6.45, 7) is 4.50. The molecule has 1 aromatic heterocycles. The number of hydrogen-bond donors (Lipinski definition) is 1. The first kappa shape index (κ1) is 12.4. The number of halogens is 1. The molecule has 88 valence electrons. The second-order valence-corrected chi connectivity index (χ2v) is 7.44. The second-order valence-electron chi connectivity index (χ2n) is 4.63. The Morgan fingerprint density at radius 2 is 2.25 bits per heavy atom. The molecule has 2 nitrogen and oxygen atoms in total. The molecule has 1 aliphatic carbocycles. The quantitative estimate of drug-likeness (QED) is 0.814. The molecule has 1 saturated carbocycles. The zero-order valence-corrected chi connectivity index (χ0v) is 12.5. The van der Waals surface area contributed by atoms with E-state index >= 15 is 0 Å². The van der Waals surface area contributed by atoms with Crippen molar-refractivity contribution in [3.63, 3.8) is 0 Å². The van der Waals surface area contributed by atoms with Crippen LogP contribution < -0.4 is 5.32 Å². The predicted octanol–water partition coefficient (Wildman–Crippen LogP) is 3.52. The molecule has 3 atom stereocenters. The molecule has 0 bridgehead atoms. The third kappa shape index (κ3) is 2.59. The van der Waals surface area contributed by atoms with E-state index in [1.165, 1.54) is 6.42 Å². The number of hydrogen-bond acceptors (Lipinski definition) is 2. The third-order valence-corrected chi connectivity index (χ3v) is 5.40. The van der Waals surface area contributed by atoms with Gasteiger partial charge in [0, 0.05) is 11.4 Å². The van der Waals surface area contributed by atoms with Gasteiger partial charge in [-0.1, -0.05) is 13.8 Å². The Morgan fingerprint density at radius 3 is 2.75 bits per heavy atom. The van der Waals surface area contributed by atoms with Gasteiger partial charge in [-0.15, -0.1) is 11.3 Å². The number of rotatable bonds is 2. The average Bonchev–Trinajstić information content (AvgIpc) is 2.79. The molecule has 1 aliphatic rings. The molecule has 0 aliphatic heterocycles. The smallest absolute Gasteiger partial charge is 0.252 e. The van der Waals surface area contributed by atoms with Crippen LogP contribution in [0.25, 0.3) is 0 Å². The van der Waals surface area contributed by atoms with Gasteiger partial charge in [0.25, 0.3) is 5.91 Å². The Balaban J connectivity index is 1.98. The van der Waals surface area contributed by atoms with Crippen LogP contribution >= 0.6 is 33.9 Å². The first-order valence-corrected chi connectivity index (χ1v) is 7.58. The topological polar surface area (TPSA) is 29.1 Å². The SMILES string of the molecule is CC1CCC(NC(=O)c2csc(I)c2)C1C. The van der Waals surface area contributed by atoms with Gasteiger partial charge in [-0.05, 0) is 53.3 Å². The number of thiophene rings is 1. The largest absolute Gasteiger partial charge is 0.349 e. The van der Waals surface area contributed by atoms with Crippen LogP contribution in [0.1, 0.15) is 37.0 Å². The summed E-state index contributed by atoms with van der Waals surface area (Å²) < 4.78 is 1.16. The second kappa shape index (κ2) is 5.04. The highest BCUT2D eigenvalue weighted by molar-refractivity contribution is 14.1. The summed E-state index contributed by atoms with van der Waals surface area (Å²) in [4.78, 5) is 12.0. The molecule has 16 heavy (non-hydrogen) atoms. The Hall–Kier alpha value is -0.100. The summed E-state index contributed by atoms with van der Waals surface area (Å²) >= 11 is 3.86. The molecule has 1 fully saturated rings. The van der Waals surface area contributed by atoms with Crippen molar-refractivity contribution < 1.29 is 4.79 Å². The van der Waals surface area contributed by atoms with Gasteiger partial charge >= 0.3 is 0 Å². The molecule has 0 radical (unpaired) electrons. The van der Waals surface area contributed by atoms with Crippen molar-refractivity contribution in [2.75, 3.05) is 0 Å². The molecule has 4 heteroatoms. The molecular weight excluding hydrogens is 333 g/mol. The van der Waals surface area contributed by atoms with Crippen molar-refractivity contribution in [1.82, 2.24) is 5.32 Å². The van der Waals surface area contributed by atoms with Crippen LogP contribution in [0.4, 0.5) is 0 Å². The average molecular weight is 349 g/mol. The Kier molecular flexibility index (Phi) is 3.89. The first-order valence-electron chi connectivity index (χ1n) is 5.63. The monoisotopic (exact) mass is 349 g/mol. The number of carbonyl (C=O) groups excluding carboxylic acids is 1. The van der Waals surface area contributed by atoms with Crippen molar-refractivity contribution in [3.05, 3.63) is 19.9 Å². The fourth-order valence-corrected chi connectivity index (χ4v) is 3.58. The van der Waals surface area contributed by atoms with Gasteiger partial charge in [0.15, 0.2) is 0 Å². The highest BCUT2D eigenvalue weighted by atomic mass is 127. The molecule has 1 amide bonds. The van der Waals surface area contributed by atoms with Crippen LogP contribution in [0, 0.1) is 14.7 Å². The standard InChI is InChI=1S/C12H16INOS/c1-7-3-4-10(8(7)2)14-12(15)9-5-11(13)16-6-9/h5-8,10H,3-4H2,1-2H3,(H,14,15). The molecule has 0 spiro atoms. The lowest BCUT2D eigenvalue weighted by molar-refractivity contribution is 0.0928. The molecular formula is C12H16INOS. The molecule has 2 rings (SSSR count). The minimum absolute atomic E-state index is 0.0881. The fourth-order valence-electron chi connectivity index (χ4n) is 2.25. The summed E-state index contributed by atoms with van der Waals surface area (Å²) in [5, 5.41) is 5.08. The highest BCUT2D eigenvalue weighted by Crippen LogP contribution is 2.31. The van der Waals surface area contributed by atoms with Gasteiger partial charge in [-0.25, -0.2) is 0 Å². The van der Waals surface area contributed by atoms with Gasteiger partial charge in [0.05, 0.1) is 8.45 Å². The lowest BCUT2D eigenvalue weighted by Gasteiger charge is -2.19. The number of carbonyl (C=O) groups is 1. The zero-order chi connectivity index (χ0) is 11.7. The van der Waals surface area contributed by atoms with Crippen LogP contribution in [0.15, 0.2) is 11.4 Å². The fraction of sp³-hybridized carbons (Fsp3) is 0.583. The van der Waals surface area contributed by atoms with Gasteiger partial charge in [0.2, 0.25) is 0 Å². The summed E-state index contributed by atoms with van der Waals surface area (Å²) in [6, 6.07) is 2.31. The minimum Gasteiger partial charge on any atom is -0.349 e. The molecule has 1 heterocycles. The normalized spacial score (nSPS) is 29.3. The van der Waals surface area contributed by atoms with Crippen molar-refractivity contribution in [2.45, 2.75) is 32.7 Å². The lowest BCUT2D eigenvalue weighted by atomic mass is 9.98. The summed E-state index contributed by atoms with van der Waals surface area (Å²) in [6.07, 6.45) is 2.35. The third-order valence-electron chi connectivity index (χ3n) is 3.61. The van der Waals surface area contributed by atoms with E-state index in [1.54, 1.807) is 11.3 Å². The molecule has 1 aromatic rings. The van der Waals surface area contributed by atoms with Crippen LogP contribution in [-0.2, 0) is 0 Å². The Morgan fingerprint density at radius 1 is 1.50 bits per heavy atom. The lowest BCUT2D eigenvalue weighted by Crippen LogP contribution is -2.37. The van der Waals surface area contributed by atoms with E-state index in [0.29, 0.717) is 12.0 Å². The Bertz CT molecular complexity index is 390. The van der Waals surface area contributed by atoms with E-state index in [4.69, 9.17) is 0 Å². The van der Waals surface area contributed by atoms with E-state index in [-0.39, 0.29) is 5.91 Å². The minimum atomic E-state index is 0.0881. The molecule has 3 unspecified atom stereocenters. The van der Waals surface area contributed by atoms with E-state index in [2.05, 4.69) is 41.8 Å². The van der Waals surface area contributed by atoms with Gasteiger partial charge < -0.3 is 5.32 Å². The molecule has 1 N–H and O–H groups in total. The maximum Gasteiger partial charge on any atom is 0.252 e. The van der Waals surface area contributed by atoms with Crippen molar-refractivity contribution in [3.8, 4) is 0 Å². The van der Waals surface area contributed by atoms with Crippen molar-refractivity contribution in [2.24, 2.45) is 11.8 Å². The highest BCUT2D eigenvalue weighted by Gasteiger charge is 2.30. The van der Waals surface area contributed by atoms with Gasteiger partial charge in [0.1, 0.15) is 0 Å². The molecule has 0 saturated heterocycles. The van der Waals surface area contributed by atoms with Gasteiger partial charge in [-0.3, -0.25) is 4.79 Å². The van der Waals surface area contributed by atoms with Crippen LogP contribution in [0.2, 0.25) is 0 Å². The van der Waals surface area contributed by atoms with Crippen molar-refractivity contribution in [1.29, 1.82) is 0 Å². The number of nitrogens with one attached hydrogen (secondary N) is 1. The van der Waals surface area contributed by atoms with Gasteiger partial charge in [-0.2, -0.15) is 0 Å². The Labute approximate surface area is 114 Å². The van der Waals surface area contributed by atoms with E-state index in [0.717, 1.165) is 20.8 Å². The van der Waals surface area contributed by atoms with E-state index < -0.39 is 0 Å². The van der Waals surface area contributed by atoms with E-state index in [1.807, 2.05) is 11.4 Å². The number of amides is 1. The summed E-state index contributed by atoms with van der Waals surface area (Å²) in [5.74, 6) is 1.42. The van der Waals surface area contributed by atoms with E-state index in [9.17, 15) is 4.79 Å². The van der Waals surface area contributed by atoms with Crippen LogP contribution in [0.3, 0.4) is 0 Å². The van der Waals surface area contributed by atoms with Crippen LogP contribution in [0.5, 0.6) is 0 Å². The first-order chi connectivity index (χ1) is 7.58. The maximum atomic E-state index is 12.0. The van der Waals surface area contributed by atoms with Crippen LogP contribution in [-0.4, -0.2) is 11.9 Å². The van der Waals surface area contributed by atoms with Crippen molar-refractivity contribution >= 4 is 39.8 Å². The molecule has 0 aromatic carbocycles. The predicted molar refractivity (Wildman–Crippen MR) is 75.9 cm³/mol. The summed E-state index contributed by atoms with van der Waals surface area (Å²) in [5.41, 5.74) is 0.807.